The van der Waals surface area contributed by atoms with Crippen molar-refractivity contribution in [3.8, 4) is 0 Å². The molecular weight excluding hydrogens is 168 g/mol. The van der Waals surface area contributed by atoms with Gasteiger partial charge in [0.2, 0.25) is 0 Å². The average Bonchev–Trinajstić information content (AvgIpc) is 1.92. The van der Waals surface area contributed by atoms with E-state index in [1.807, 2.05) is 0 Å². The van der Waals surface area contributed by atoms with Gasteiger partial charge in [-0.1, -0.05) is 0 Å². The number of carbonyl (C=O) groups excluding carboxylic acids is 2. The maximum absolute atomic E-state index is 11.5. The summed E-state index contributed by atoms with van der Waals surface area (Å²) < 4.78 is 0. The number of piperazine rings is 1. The molecule has 4 rings (SSSR count). The molecule has 4 nitrogen and oxygen atoms in total. The predicted octanol–water partition coefficient (Wildman–Crippen LogP) is -0.503. The van der Waals surface area contributed by atoms with Crippen LogP contribution in [0.2, 0.25) is 0 Å². The first-order valence-electron chi connectivity index (χ1n) is 4.81. The van der Waals surface area contributed by atoms with Crippen LogP contribution in [0.5, 0.6) is 0 Å². The third-order valence-corrected chi connectivity index (χ3v) is 3.64. The molecule has 70 valence electrons. The van der Waals surface area contributed by atoms with Crippen molar-refractivity contribution in [3.63, 3.8) is 0 Å². The predicted molar refractivity (Wildman–Crippen MR) is 44.8 cm³/mol. The van der Waals surface area contributed by atoms with E-state index in [0.717, 1.165) is 25.2 Å². The molecule has 0 spiro atoms. The molecule has 2 bridgehead atoms. The van der Waals surface area contributed by atoms with Crippen molar-refractivity contribution < 1.29 is 9.59 Å². The molecule has 1 N–H and O–H groups in total. The normalized spacial score (nSPS) is 42.2. The van der Waals surface area contributed by atoms with Crippen molar-refractivity contribution in [2.75, 3.05) is 13.1 Å². The van der Waals surface area contributed by atoms with Gasteiger partial charge < -0.3 is 10.2 Å². The maximum Gasteiger partial charge on any atom is 0.312 e. The zero-order valence-corrected chi connectivity index (χ0v) is 7.38. The van der Waals surface area contributed by atoms with E-state index in [0.29, 0.717) is 13.1 Å². The highest BCUT2D eigenvalue weighted by Crippen LogP contribution is 2.60. The molecule has 3 saturated carbocycles. The number of amides is 2. The third-order valence-electron chi connectivity index (χ3n) is 3.64. The Bertz CT molecular complexity index is 283. The lowest BCUT2D eigenvalue weighted by Gasteiger charge is -2.66. The summed E-state index contributed by atoms with van der Waals surface area (Å²) in [6, 6.07) is 0. The minimum absolute atomic E-state index is 0.111. The van der Waals surface area contributed by atoms with E-state index < -0.39 is 5.91 Å². The van der Waals surface area contributed by atoms with Gasteiger partial charge in [0.05, 0.1) is 0 Å². The number of hydrogen-bond donors (Lipinski definition) is 1. The van der Waals surface area contributed by atoms with Gasteiger partial charge in [0.25, 0.3) is 0 Å². The van der Waals surface area contributed by atoms with Crippen LogP contribution in [-0.4, -0.2) is 35.3 Å². The first-order valence-corrected chi connectivity index (χ1v) is 4.81. The van der Waals surface area contributed by atoms with Crippen molar-refractivity contribution in [1.82, 2.24) is 10.2 Å². The van der Waals surface area contributed by atoms with Crippen LogP contribution in [0.1, 0.15) is 19.3 Å². The number of rotatable bonds is 1. The Kier molecular flexibility index (Phi) is 1.16. The molecule has 4 heteroatoms. The molecule has 1 saturated heterocycles. The van der Waals surface area contributed by atoms with Crippen LogP contribution >= 0.6 is 0 Å². The lowest BCUT2D eigenvalue weighted by Crippen LogP contribution is -2.73. The molecule has 0 aromatic carbocycles. The maximum atomic E-state index is 11.5. The number of carbonyl (C=O) groups is 2. The highest BCUT2D eigenvalue weighted by molar-refractivity contribution is 6.35. The van der Waals surface area contributed by atoms with Crippen LogP contribution in [0.4, 0.5) is 0 Å². The average molecular weight is 180 g/mol. The highest BCUT2D eigenvalue weighted by atomic mass is 16.2. The van der Waals surface area contributed by atoms with Gasteiger partial charge in [0, 0.05) is 18.6 Å². The molecule has 0 aromatic heterocycles. The van der Waals surface area contributed by atoms with Gasteiger partial charge in [-0.2, -0.15) is 0 Å². The lowest BCUT2D eigenvalue weighted by atomic mass is 9.49. The van der Waals surface area contributed by atoms with Gasteiger partial charge in [-0.15, -0.1) is 0 Å². The zero-order valence-electron chi connectivity index (χ0n) is 7.38. The Morgan fingerprint density at radius 1 is 1.31 bits per heavy atom. The minimum atomic E-state index is -0.420. The van der Waals surface area contributed by atoms with E-state index in [-0.39, 0.29) is 11.4 Å². The van der Waals surface area contributed by atoms with Crippen molar-refractivity contribution in [1.29, 1.82) is 0 Å². The Morgan fingerprint density at radius 2 is 2.00 bits per heavy atom. The summed E-state index contributed by atoms with van der Waals surface area (Å²) in [6.07, 6.45) is 3.39. The second kappa shape index (κ2) is 2.05. The minimum Gasteiger partial charge on any atom is -0.346 e. The van der Waals surface area contributed by atoms with E-state index >= 15 is 0 Å². The van der Waals surface area contributed by atoms with Crippen LogP contribution in [0.3, 0.4) is 0 Å². The molecule has 13 heavy (non-hydrogen) atoms. The summed E-state index contributed by atoms with van der Waals surface area (Å²) >= 11 is 0. The van der Waals surface area contributed by atoms with Crippen LogP contribution in [0.25, 0.3) is 0 Å². The fraction of sp³-hybridized carbons (Fsp3) is 0.778. The van der Waals surface area contributed by atoms with Gasteiger partial charge >= 0.3 is 11.8 Å². The Morgan fingerprint density at radius 3 is 2.54 bits per heavy atom. The lowest BCUT2D eigenvalue weighted by molar-refractivity contribution is -0.179. The monoisotopic (exact) mass is 180 g/mol. The van der Waals surface area contributed by atoms with Crippen molar-refractivity contribution in [2.24, 2.45) is 5.92 Å². The summed E-state index contributed by atoms with van der Waals surface area (Å²) in [6.45, 7) is 1.33. The van der Waals surface area contributed by atoms with Crippen molar-refractivity contribution in [2.45, 2.75) is 24.8 Å². The van der Waals surface area contributed by atoms with E-state index in [2.05, 4.69) is 5.32 Å². The van der Waals surface area contributed by atoms with Crippen LogP contribution in [-0.2, 0) is 9.59 Å². The standard InChI is InChI=1S/C9H12N2O2/c12-7-8(13)11(2-1-10-7)9-3-6(4-9)5-9/h6H,1-5H2,(H,10,12). The third kappa shape index (κ3) is 0.759. The first kappa shape index (κ1) is 7.35. The van der Waals surface area contributed by atoms with Gasteiger partial charge in [-0.3, -0.25) is 9.59 Å². The smallest absolute Gasteiger partial charge is 0.312 e. The Hall–Kier alpha value is -1.06. The van der Waals surface area contributed by atoms with E-state index in [9.17, 15) is 9.59 Å². The number of nitrogens with zero attached hydrogens (tertiary/aromatic N) is 1. The first-order chi connectivity index (χ1) is 6.21. The fourth-order valence-corrected chi connectivity index (χ4v) is 2.80. The SMILES string of the molecule is O=C1NCCN(C23CC(C2)C3)C1=O. The molecule has 2 amide bonds. The molecule has 3 aliphatic carbocycles. The van der Waals surface area contributed by atoms with Crippen molar-refractivity contribution >= 4 is 11.8 Å². The molecule has 1 heterocycles. The summed E-state index contributed by atoms with van der Waals surface area (Å²) in [5, 5.41) is 2.57. The number of hydrogen-bond acceptors (Lipinski definition) is 2. The van der Waals surface area contributed by atoms with Gasteiger partial charge in [-0.25, -0.2) is 0 Å². The molecular formula is C9H12N2O2. The molecule has 0 aromatic rings. The quantitative estimate of drug-likeness (QED) is 0.553. The number of nitrogens with one attached hydrogen (secondary N) is 1. The summed E-state index contributed by atoms with van der Waals surface area (Å²) in [7, 11) is 0. The largest absolute Gasteiger partial charge is 0.346 e. The van der Waals surface area contributed by atoms with Gasteiger partial charge in [-0.05, 0) is 25.2 Å². The van der Waals surface area contributed by atoms with Gasteiger partial charge in [0.15, 0.2) is 0 Å². The van der Waals surface area contributed by atoms with Crippen LogP contribution in [0, 0.1) is 5.92 Å². The second-order valence-electron chi connectivity index (χ2n) is 4.42. The second-order valence-corrected chi connectivity index (χ2v) is 4.42. The van der Waals surface area contributed by atoms with Crippen LogP contribution in [0.15, 0.2) is 0 Å². The molecule has 1 aliphatic heterocycles. The fourth-order valence-electron chi connectivity index (χ4n) is 2.80. The zero-order chi connectivity index (χ0) is 9.05. The molecule has 4 fully saturated rings. The Labute approximate surface area is 76.3 Å². The molecule has 4 aliphatic rings. The Balaban J connectivity index is 1.82. The van der Waals surface area contributed by atoms with Crippen LogP contribution < -0.4 is 5.32 Å². The van der Waals surface area contributed by atoms with Gasteiger partial charge in [0.1, 0.15) is 0 Å². The van der Waals surface area contributed by atoms with E-state index in [1.165, 1.54) is 0 Å². The summed E-state index contributed by atoms with van der Waals surface area (Å²) in [5.74, 6) is 0.109. The van der Waals surface area contributed by atoms with E-state index in [1.54, 1.807) is 4.90 Å². The topological polar surface area (TPSA) is 49.4 Å². The van der Waals surface area contributed by atoms with Crippen molar-refractivity contribution in [3.05, 3.63) is 0 Å². The highest BCUT2D eigenvalue weighted by Gasteiger charge is 2.62. The summed E-state index contributed by atoms with van der Waals surface area (Å²) in [5.41, 5.74) is 0.111. The van der Waals surface area contributed by atoms with E-state index in [4.69, 9.17) is 0 Å². The summed E-state index contributed by atoms with van der Waals surface area (Å²) in [4.78, 5) is 24.4. The molecule has 0 radical (unpaired) electrons. The molecule has 0 atom stereocenters. The molecule has 0 unspecified atom stereocenters.